The first-order chi connectivity index (χ1) is 8.77. The van der Waals surface area contributed by atoms with Crippen LogP contribution in [0.25, 0.3) is 0 Å². The molecule has 0 heterocycles. The van der Waals surface area contributed by atoms with E-state index < -0.39 is 28.1 Å². The zero-order chi connectivity index (χ0) is 14.6. The van der Waals surface area contributed by atoms with Gasteiger partial charge in [0.15, 0.2) is 0 Å². The minimum absolute atomic E-state index is 0.0629. The molecule has 4 N–H and O–H groups in total. The molecular weight excluding hydrogens is 340 g/mol. The number of hydrogen-bond acceptors (Lipinski definition) is 5. The molecule has 2 atom stereocenters. The van der Waals surface area contributed by atoms with Crippen molar-refractivity contribution in [2.75, 3.05) is 0 Å². The second-order valence-electron chi connectivity index (χ2n) is 3.77. The lowest BCUT2D eigenvalue weighted by Gasteiger charge is -2.19. The van der Waals surface area contributed by atoms with Crippen molar-refractivity contribution in [3.63, 3.8) is 0 Å². The number of hydrogen-bond donors (Lipinski definition) is 4. The minimum Gasteiger partial charge on any atom is -0.391 e. The number of halogens is 1. The smallest absolute Gasteiger partial charge is 0.264 e. The van der Waals surface area contributed by atoms with Crippen molar-refractivity contribution in [2.24, 2.45) is 0 Å². The van der Waals surface area contributed by atoms with E-state index in [-0.39, 0.29) is 4.90 Å². The summed E-state index contributed by atoms with van der Waals surface area (Å²) < 4.78 is 26.7. The van der Waals surface area contributed by atoms with Crippen LogP contribution >= 0.6 is 15.9 Å². The number of nitrogens with one attached hydrogen (secondary N) is 2. The van der Waals surface area contributed by atoms with Gasteiger partial charge >= 0.3 is 0 Å². The number of amides is 1. The second-order valence-corrected chi connectivity index (χ2v) is 6.40. The zero-order valence-corrected chi connectivity index (χ0v) is 12.3. The van der Waals surface area contributed by atoms with Gasteiger partial charge in [0.1, 0.15) is 6.04 Å². The van der Waals surface area contributed by atoms with E-state index in [1.165, 1.54) is 36.7 Å². The van der Waals surface area contributed by atoms with Crippen LogP contribution in [0.1, 0.15) is 6.92 Å². The van der Waals surface area contributed by atoms with Crippen molar-refractivity contribution in [1.82, 2.24) is 10.2 Å². The molecule has 0 aliphatic rings. The first kappa shape index (κ1) is 16.1. The van der Waals surface area contributed by atoms with Crippen LogP contribution in [0, 0.1) is 0 Å². The standard InChI is InChI=1S/C10H13BrN2O5S/c1-6(14)9(10(15)12-16)13-19(17,18)8-4-2-7(11)3-5-8/h2-6,9,13-14,16H,1H3,(H,12,15)/t6-,9+/m0/s1. The lowest BCUT2D eigenvalue weighted by molar-refractivity contribution is -0.133. The Morgan fingerprint density at radius 2 is 1.84 bits per heavy atom. The molecule has 0 radical (unpaired) electrons. The molecule has 0 bridgehead atoms. The molecule has 1 amide bonds. The van der Waals surface area contributed by atoms with Gasteiger partial charge in [-0.05, 0) is 31.2 Å². The highest BCUT2D eigenvalue weighted by atomic mass is 79.9. The number of benzene rings is 1. The van der Waals surface area contributed by atoms with Gasteiger partial charge in [-0.1, -0.05) is 15.9 Å². The van der Waals surface area contributed by atoms with E-state index in [0.29, 0.717) is 4.47 Å². The average molecular weight is 353 g/mol. The molecule has 7 nitrogen and oxygen atoms in total. The topological polar surface area (TPSA) is 116 Å². The van der Waals surface area contributed by atoms with Gasteiger partial charge in [0.2, 0.25) is 10.0 Å². The highest BCUT2D eigenvalue weighted by molar-refractivity contribution is 9.10. The van der Waals surface area contributed by atoms with Crippen molar-refractivity contribution < 1.29 is 23.5 Å². The van der Waals surface area contributed by atoms with Crippen LogP contribution in [0.4, 0.5) is 0 Å². The summed E-state index contributed by atoms with van der Waals surface area (Å²) in [5, 5.41) is 17.9. The lowest BCUT2D eigenvalue weighted by Crippen LogP contribution is -2.51. The number of sulfonamides is 1. The highest BCUT2D eigenvalue weighted by Gasteiger charge is 2.29. The van der Waals surface area contributed by atoms with Crippen LogP contribution in [-0.4, -0.2) is 36.8 Å². The summed E-state index contributed by atoms with van der Waals surface area (Å²) in [5.41, 5.74) is 1.30. The van der Waals surface area contributed by atoms with Crippen molar-refractivity contribution in [1.29, 1.82) is 0 Å². The van der Waals surface area contributed by atoms with Gasteiger partial charge in [-0.25, -0.2) is 13.9 Å². The fraction of sp³-hybridized carbons (Fsp3) is 0.300. The Bertz CT molecular complexity index is 544. The highest BCUT2D eigenvalue weighted by Crippen LogP contribution is 2.15. The number of carbonyl (C=O) groups excluding carboxylic acids is 1. The number of carbonyl (C=O) groups is 1. The molecule has 9 heteroatoms. The molecule has 0 aromatic heterocycles. The van der Waals surface area contributed by atoms with Crippen LogP contribution in [0.3, 0.4) is 0 Å². The van der Waals surface area contributed by atoms with E-state index in [1.807, 2.05) is 4.72 Å². The molecule has 1 aromatic rings. The van der Waals surface area contributed by atoms with Crippen LogP contribution < -0.4 is 10.2 Å². The molecule has 1 rings (SSSR count). The molecular formula is C10H13BrN2O5S. The molecule has 106 valence electrons. The predicted octanol–water partition coefficient (Wildman–Crippen LogP) is -0.0178. The maximum absolute atomic E-state index is 12.0. The fourth-order valence-electron chi connectivity index (χ4n) is 1.29. The van der Waals surface area contributed by atoms with Gasteiger partial charge in [0.05, 0.1) is 11.0 Å². The molecule has 19 heavy (non-hydrogen) atoms. The largest absolute Gasteiger partial charge is 0.391 e. The molecule has 0 saturated heterocycles. The molecule has 0 spiro atoms. The molecule has 0 aliphatic heterocycles. The van der Waals surface area contributed by atoms with E-state index in [0.717, 1.165) is 0 Å². The second kappa shape index (κ2) is 6.44. The quantitative estimate of drug-likeness (QED) is 0.439. The first-order valence-electron chi connectivity index (χ1n) is 5.18. The summed E-state index contributed by atoms with van der Waals surface area (Å²) in [6, 6.07) is 4.24. The van der Waals surface area contributed by atoms with E-state index in [1.54, 1.807) is 0 Å². The van der Waals surface area contributed by atoms with Gasteiger partial charge in [0.25, 0.3) is 5.91 Å². The van der Waals surface area contributed by atoms with Gasteiger partial charge in [-0.2, -0.15) is 4.72 Å². The van der Waals surface area contributed by atoms with Crippen LogP contribution in [0.2, 0.25) is 0 Å². The maximum Gasteiger partial charge on any atom is 0.264 e. The lowest BCUT2D eigenvalue weighted by atomic mass is 10.2. The van der Waals surface area contributed by atoms with E-state index in [2.05, 4.69) is 15.9 Å². The fourth-order valence-corrected chi connectivity index (χ4v) is 2.82. The Kier molecular flexibility index (Phi) is 5.44. The summed E-state index contributed by atoms with van der Waals surface area (Å²) in [7, 11) is -3.98. The summed E-state index contributed by atoms with van der Waals surface area (Å²) in [6.45, 7) is 1.23. The van der Waals surface area contributed by atoms with Crippen LogP contribution in [0.15, 0.2) is 33.6 Å². The summed E-state index contributed by atoms with van der Waals surface area (Å²) in [6.07, 6.45) is -1.31. The Labute approximate surface area is 118 Å². The SMILES string of the molecule is C[C@H](O)[C@@H](NS(=O)(=O)c1ccc(Br)cc1)C(=O)NO. The zero-order valence-electron chi connectivity index (χ0n) is 9.87. The molecule has 1 aromatic carbocycles. The normalized spacial score (nSPS) is 14.7. The van der Waals surface area contributed by atoms with Gasteiger partial charge < -0.3 is 5.11 Å². The number of rotatable bonds is 5. The van der Waals surface area contributed by atoms with E-state index in [4.69, 9.17) is 5.21 Å². The number of hydroxylamine groups is 1. The Morgan fingerprint density at radius 3 is 2.26 bits per heavy atom. The maximum atomic E-state index is 12.0. The number of aliphatic hydroxyl groups excluding tert-OH is 1. The summed E-state index contributed by atoms with van der Waals surface area (Å²) in [5.74, 6) is -1.05. The van der Waals surface area contributed by atoms with Crippen molar-refractivity contribution >= 4 is 31.9 Å². The predicted molar refractivity (Wildman–Crippen MR) is 69.9 cm³/mol. The van der Waals surface area contributed by atoms with Crippen molar-refractivity contribution in [3.05, 3.63) is 28.7 Å². The molecule has 0 saturated carbocycles. The van der Waals surface area contributed by atoms with Crippen molar-refractivity contribution in [2.45, 2.75) is 24.0 Å². The number of aliphatic hydroxyl groups is 1. The molecule has 0 aliphatic carbocycles. The minimum atomic E-state index is -3.98. The Morgan fingerprint density at radius 1 is 1.32 bits per heavy atom. The Hall–Kier alpha value is -1.00. The Balaban J connectivity index is 3.00. The summed E-state index contributed by atoms with van der Waals surface area (Å²) in [4.78, 5) is 11.2. The summed E-state index contributed by atoms with van der Waals surface area (Å²) >= 11 is 3.17. The van der Waals surface area contributed by atoms with Crippen molar-refractivity contribution in [3.8, 4) is 0 Å². The third kappa shape index (κ3) is 4.25. The average Bonchev–Trinajstić information content (AvgIpc) is 2.35. The molecule has 0 fully saturated rings. The molecule has 0 unspecified atom stereocenters. The van der Waals surface area contributed by atoms with Crippen LogP contribution in [-0.2, 0) is 14.8 Å². The first-order valence-corrected chi connectivity index (χ1v) is 7.45. The monoisotopic (exact) mass is 352 g/mol. The van der Waals surface area contributed by atoms with E-state index in [9.17, 15) is 18.3 Å². The van der Waals surface area contributed by atoms with Gasteiger partial charge in [-0.3, -0.25) is 10.0 Å². The van der Waals surface area contributed by atoms with E-state index >= 15 is 0 Å². The third-order valence-corrected chi connectivity index (χ3v) is 4.27. The van der Waals surface area contributed by atoms with Gasteiger partial charge in [0, 0.05) is 4.47 Å². The third-order valence-electron chi connectivity index (χ3n) is 2.28. The van der Waals surface area contributed by atoms with Gasteiger partial charge in [-0.15, -0.1) is 0 Å². The van der Waals surface area contributed by atoms with Crippen LogP contribution in [0.5, 0.6) is 0 Å².